The van der Waals surface area contributed by atoms with Crippen molar-refractivity contribution in [2.24, 2.45) is 0 Å². The van der Waals surface area contributed by atoms with E-state index in [-0.39, 0.29) is 0 Å². The topological polar surface area (TPSA) is 52.0 Å². The van der Waals surface area contributed by atoms with Crippen LogP contribution in [0.15, 0.2) is 42.6 Å². The summed E-state index contributed by atoms with van der Waals surface area (Å²) >= 11 is 0. The van der Waals surface area contributed by atoms with Crippen molar-refractivity contribution < 1.29 is 0 Å². The highest BCUT2D eigenvalue weighted by molar-refractivity contribution is 5.43. The molecule has 2 rings (SSSR count). The molecule has 0 amide bonds. The van der Waals surface area contributed by atoms with Gasteiger partial charge in [0.15, 0.2) is 0 Å². The number of pyridine rings is 1. The summed E-state index contributed by atoms with van der Waals surface area (Å²) in [7, 11) is 0. The van der Waals surface area contributed by atoms with Crippen molar-refractivity contribution in [3.8, 4) is 6.07 Å². The largest absolute Gasteiger partial charge is 0.380 e. The maximum absolute atomic E-state index is 8.72. The van der Waals surface area contributed by atoms with Gasteiger partial charge in [-0.15, -0.1) is 0 Å². The first-order chi connectivity index (χ1) is 10.7. The highest BCUT2D eigenvalue weighted by Gasteiger charge is 2.01. The Bertz CT molecular complexity index is 607. The van der Waals surface area contributed by atoms with Gasteiger partial charge in [-0.05, 0) is 36.3 Å². The van der Waals surface area contributed by atoms with Crippen LogP contribution in [-0.2, 0) is 13.1 Å². The fourth-order valence-electron chi connectivity index (χ4n) is 2.24. The molecule has 0 unspecified atom stereocenters. The summed E-state index contributed by atoms with van der Waals surface area (Å²) in [6.07, 6.45) is 1.69. The molecule has 1 heterocycles. The summed E-state index contributed by atoms with van der Waals surface area (Å²) in [6, 6.07) is 14.3. The van der Waals surface area contributed by atoms with Crippen LogP contribution in [0, 0.1) is 11.3 Å². The molecule has 0 atom stereocenters. The predicted molar refractivity (Wildman–Crippen MR) is 89.3 cm³/mol. The van der Waals surface area contributed by atoms with E-state index in [1.54, 1.807) is 12.3 Å². The number of anilines is 1. The van der Waals surface area contributed by atoms with Gasteiger partial charge in [-0.1, -0.05) is 38.1 Å². The second-order valence-corrected chi connectivity index (χ2v) is 5.18. The SMILES string of the molecule is CCN(CC)Cc1ccc(CNc2ccc(C#N)nc2)cc1. The van der Waals surface area contributed by atoms with Gasteiger partial charge < -0.3 is 5.32 Å². The lowest BCUT2D eigenvalue weighted by Crippen LogP contribution is -2.22. The van der Waals surface area contributed by atoms with Gasteiger partial charge in [-0.25, -0.2) is 4.98 Å². The molecular weight excluding hydrogens is 272 g/mol. The second-order valence-electron chi connectivity index (χ2n) is 5.18. The second kappa shape index (κ2) is 8.16. The molecule has 0 saturated heterocycles. The van der Waals surface area contributed by atoms with Crippen LogP contribution in [0.2, 0.25) is 0 Å². The van der Waals surface area contributed by atoms with Crippen LogP contribution in [0.4, 0.5) is 5.69 Å². The molecule has 4 heteroatoms. The number of rotatable bonds is 7. The minimum absolute atomic E-state index is 0.436. The highest BCUT2D eigenvalue weighted by atomic mass is 15.1. The molecule has 0 saturated carbocycles. The van der Waals surface area contributed by atoms with Crippen LogP contribution in [0.5, 0.6) is 0 Å². The van der Waals surface area contributed by atoms with Crippen molar-refractivity contribution in [3.05, 3.63) is 59.4 Å². The van der Waals surface area contributed by atoms with E-state index in [1.165, 1.54) is 11.1 Å². The van der Waals surface area contributed by atoms with Crippen LogP contribution in [0.1, 0.15) is 30.7 Å². The van der Waals surface area contributed by atoms with E-state index >= 15 is 0 Å². The first-order valence-corrected chi connectivity index (χ1v) is 7.65. The van der Waals surface area contributed by atoms with Gasteiger partial charge in [0.05, 0.1) is 11.9 Å². The lowest BCUT2D eigenvalue weighted by Gasteiger charge is -2.18. The summed E-state index contributed by atoms with van der Waals surface area (Å²) in [5.41, 5.74) is 3.93. The highest BCUT2D eigenvalue weighted by Crippen LogP contribution is 2.11. The Morgan fingerprint density at radius 1 is 1.05 bits per heavy atom. The van der Waals surface area contributed by atoms with Gasteiger partial charge in [0.2, 0.25) is 0 Å². The van der Waals surface area contributed by atoms with Crippen molar-refractivity contribution in [1.29, 1.82) is 5.26 Å². The number of nitriles is 1. The maximum atomic E-state index is 8.72. The third-order valence-electron chi connectivity index (χ3n) is 3.70. The Labute approximate surface area is 132 Å². The van der Waals surface area contributed by atoms with Gasteiger partial charge in [-0.2, -0.15) is 5.26 Å². The molecule has 2 aromatic rings. The van der Waals surface area contributed by atoms with Gasteiger partial charge in [0.25, 0.3) is 0 Å². The minimum Gasteiger partial charge on any atom is -0.380 e. The van der Waals surface area contributed by atoms with Gasteiger partial charge in [0, 0.05) is 13.1 Å². The lowest BCUT2D eigenvalue weighted by atomic mass is 10.1. The fraction of sp³-hybridized carbons (Fsp3) is 0.333. The third kappa shape index (κ3) is 4.57. The van der Waals surface area contributed by atoms with Crippen LogP contribution < -0.4 is 5.32 Å². The van der Waals surface area contributed by atoms with E-state index < -0.39 is 0 Å². The first kappa shape index (κ1) is 16.0. The molecule has 0 aliphatic heterocycles. The molecule has 0 aliphatic carbocycles. The Morgan fingerprint density at radius 2 is 1.73 bits per heavy atom. The molecule has 0 radical (unpaired) electrons. The van der Waals surface area contributed by atoms with Crippen LogP contribution in [0.3, 0.4) is 0 Å². The first-order valence-electron chi connectivity index (χ1n) is 7.65. The lowest BCUT2D eigenvalue weighted by molar-refractivity contribution is 0.296. The Morgan fingerprint density at radius 3 is 2.27 bits per heavy atom. The van der Waals surface area contributed by atoms with Crippen LogP contribution in [-0.4, -0.2) is 23.0 Å². The van der Waals surface area contributed by atoms with Gasteiger partial charge in [0.1, 0.15) is 11.8 Å². The minimum atomic E-state index is 0.436. The standard InChI is InChI=1S/C18H22N4/c1-3-22(4-2)14-16-7-5-15(6-8-16)12-20-18-10-9-17(11-19)21-13-18/h5-10,13,20H,3-4,12,14H2,1-2H3. The fourth-order valence-corrected chi connectivity index (χ4v) is 2.24. The average molecular weight is 294 g/mol. The summed E-state index contributed by atoms with van der Waals surface area (Å²) in [6.45, 7) is 8.27. The summed E-state index contributed by atoms with van der Waals surface area (Å²) in [4.78, 5) is 6.44. The molecule has 4 nitrogen and oxygen atoms in total. The Hall–Kier alpha value is -2.38. The molecule has 0 aliphatic rings. The average Bonchev–Trinajstić information content (AvgIpc) is 2.59. The van der Waals surface area contributed by atoms with Crippen molar-refractivity contribution >= 4 is 5.69 Å². The van der Waals surface area contributed by atoms with E-state index in [0.717, 1.165) is 31.9 Å². The molecule has 114 valence electrons. The number of hydrogen-bond donors (Lipinski definition) is 1. The number of hydrogen-bond acceptors (Lipinski definition) is 4. The molecule has 0 fully saturated rings. The monoisotopic (exact) mass is 294 g/mol. The molecule has 1 aromatic carbocycles. The zero-order chi connectivity index (χ0) is 15.8. The van der Waals surface area contributed by atoms with E-state index in [9.17, 15) is 0 Å². The van der Waals surface area contributed by atoms with Gasteiger partial charge >= 0.3 is 0 Å². The number of nitrogens with one attached hydrogen (secondary N) is 1. The van der Waals surface area contributed by atoms with Crippen molar-refractivity contribution in [1.82, 2.24) is 9.88 Å². The zero-order valence-electron chi connectivity index (χ0n) is 13.2. The molecule has 1 aromatic heterocycles. The van der Waals surface area contributed by atoms with Crippen LogP contribution in [0.25, 0.3) is 0 Å². The normalized spacial score (nSPS) is 10.5. The Balaban J connectivity index is 1.89. The van der Waals surface area contributed by atoms with E-state index in [1.807, 2.05) is 12.1 Å². The zero-order valence-corrected chi connectivity index (χ0v) is 13.2. The smallest absolute Gasteiger partial charge is 0.140 e. The van der Waals surface area contributed by atoms with Gasteiger partial charge in [-0.3, -0.25) is 4.90 Å². The predicted octanol–water partition coefficient (Wildman–Crippen LogP) is 3.41. The maximum Gasteiger partial charge on any atom is 0.140 e. The molecular formula is C18H22N4. The van der Waals surface area contributed by atoms with Crippen LogP contribution >= 0.6 is 0 Å². The molecule has 0 bridgehead atoms. The number of nitrogens with zero attached hydrogens (tertiary/aromatic N) is 3. The molecule has 0 spiro atoms. The summed E-state index contributed by atoms with van der Waals surface area (Å²) in [5.74, 6) is 0. The quantitative estimate of drug-likeness (QED) is 0.850. The van der Waals surface area contributed by atoms with Crippen molar-refractivity contribution in [3.63, 3.8) is 0 Å². The van der Waals surface area contributed by atoms with Crippen molar-refractivity contribution in [2.75, 3.05) is 18.4 Å². The number of benzene rings is 1. The van der Waals surface area contributed by atoms with Crippen molar-refractivity contribution in [2.45, 2.75) is 26.9 Å². The molecule has 22 heavy (non-hydrogen) atoms. The van der Waals surface area contributed by atoms with E-state index in [2.05, 4.69) is 53.3 Å². The van der Waals surface area contributed by atoms with E-state index in [4.69, 9.17) is 5.26 Å². The summed E-state index contributed by atoms with van der Waals surface area (Å²) in [5, 5.41) is 12.0. The molecule has 1 N–H and O–H groups in total. The number of aromatic nitrogens is 1. The van der Waals surface area contributed by atoms with E-state index in [0.29, 0.717) is 5.69 Å². The Kier molecular flexibility index (Phi) is 5.93. The third-order valence-corrected chi connectivity index (χ3v) is 3.70. The summed E-state index contributed by atoms with van der Waals surface area (Å²) < 4.78 is 0.